The average Bonchev–Trinajstić information content (AvgIpc) is 2.35. The van der Waals surface area contributed by atoms with E-state index in [4.69, 9.17) is 34.7 Å². The van der Waals surface area contributed by atoms with E-state index >= 15 is 0 Å². The second kappa shape index (κ2) is 4.92. The van der Waals surface area contributed by atoms with Crippen LogP contribution >= 0.6 is 23.2 Å². The van der Waals surface area contributed by atoms with E-state index < -0.39 is 9.84 Å². The number of halogens is 2. The van der Waals surface area contributed by atoms with Crippen LogP contribution in [0.15, 0.2) is 46.2 Å². The fourth-order valence-electron chi connectivity index (χ4n) is 1.59. The molecule has 0 aromatic heterocycles. The van der Waals surface area contributed by atoms with Gasteiger partial charge in [0.1, 0.15) is 0 Å². The van der Waals surface area contributed by atoms with Crippen LogP contribution in [-0.2, 0) is 9.84 Å². The topological polar surface area (TPSA) is 86.2 Å². The Morgan fingerprint density at radius 2 is 1.16 bits per heavy atom. The minimum absolute atomic E-state index is 0.0269. The van der Waals surface area contributed by atoms with Crippen molar-refractivity contribution < 1.29 is 8.42 Å². The zero-order chi connectivity index (χ0) is 14.2. The molecule has 0 radical (unpaired) electrons. The van der Waals surface area contributed by atoms with Crippen molar-refractivity contribution in [1.29, 1.82) is 0 Å². The number of anilines is 2. The molecule has 0 fully saturated rings. The number of nitrogen functional groups attached to an aromatic ring is 2. The predicted molar refractivity (Wildman–Crippen MR) is 77.2 cm³/mol. The Labute approximate surface area is 120 Å². The van der Waals surface area contributed by atoms with Crippen LogP contribution in [0.3, 0.4) is 0 Å². The quantitative estimate of drug-likeness (QED) is 0.834. The molecule has 0 atom stereocenters. The van der Waals surface area contributed by atoms with E-state index in [0.717, 1.165) is 0 Å². The number of rotatable bonds is 2. The van der Waals surface area contributed by atoms with E-state index in [1.54, 1.807) is 0 Å². The maximum absolute atomic E-state index is 12.5. The first-order valence-corrected chi connectivity index (χ1v) is 7.42. The molecule has 0 aliphatic heterocycles. The highest BCUT2D eigenvalue weighted by Crippen LogP contribution is 2.36. The van der Waals surface area contributed by atoms with Gasteiger partial charge in [-0.3, -0.25) is 0 Å². The zero-order valence-corrected chi connectivity index (χ0v) is 11.9. The molecule has 2 rings (SSSR count). The van der Waals surface area contributed by atoms with Crippen LogP contribution in [0.25, 0.3) is 0 Å². The van der Waals surface area contributed by atoms with Gasteiger partial charge in [-0.15, -0.1) is 0 Å². The summed E-state index contributed by atoms with van der Waals surface area (Å²) in [6.45, 7) is 0. The first kappa shape index (κ1) is 14.0. The van der Waals surface area contributed by atoms with Gasteiger partial charge in [0.25, 0.3) is 0 Å². The summed E-state index contributed by atoms with van der Waals surface area (Å²) in [6, 6.07) is 8.79. The smallest absolute Gasteiger partial charge is 0.209 e. The summed E-state index contributed by atoms with van der Waals surface area (Å²) in [5.74, 6) is 0. The molecular weight excluding hydrogens is 307 g/mol. The molecule has 0 saturated carbocycles. The molecule has 0 heterocycles. The number of benzene rings is 2. The fourth-order valence-corrected chi connectivity index (χ4v) is 3.91. The van der Waals surface area contributed by atoms with E-state index in [1.807, 2.05) is 0 Å². The van der Waals surface area contributed by atoms with Crippen molar-refractivity contribution in [3.05, 3.63) is 46.4 Å². The summed E-state index contributed by atoms with van der Waals surface area (Å²) >= 11 is 11.9. The second-order valence-corrected chi connectivity index (χ2v) is 6.46. The molecule has 7 heteroatoms. The highest BCUT2D eigenvalue weighted by Gasteiger charge is 2.25. The zero-order valence-electron chi connectivity index (χ0n) is 9.60. The molecule has 0 spiro atoms. The van der Waals surface area contributed by atoms with Crippen molar-refractivity contribution >= 4 is 44.4 Å². The third-order valence-corrected chi connectivity index (χ3v) is 5.47. The Morgan fingerprint density at radius 1 is 0.789 bits per heavy atom. The van der Waals surface area contributed by atoms with Gasteiger partial charge in [-0.05, 0) is 24.3 Å². The molecule has 2 aromatic carbocycles. The standard InChI is InChI=1S/C12H10Cl2N2O2S/c13-11-7(15)3-1-5-9(11)19(17,18)10-6-2-4-8(16)12(10)14/h1-6H,15-16H2. The van der Waals surface area contributed by atoms with Crippen LogP contribution < -0.4 is 11.5 Å². The van der Waals surface area contributed by atoms with Crippen LogP contribution in [-0.4, -0.2) is 8.42 Å². The molecular formula is C12H10Cl2N2O2S. The Bertz CT molecular complexity index is 688. The lowest BCUT2D eigenvalue weighted by molar-refractivity contribution is 0.596. The van der Waals surface area contributed by atoms with E-state index in [2.05, 4.69) is 0 Å². The predicted octanol–water partition coefficient (Wildman–Crippen LogP) is 2.99. The lowest BCUT2D eigenvalue weighted by atomic mass is 10.3. The maximum Gasteiger partial charge on any atom is 0.209 e. The Kier molecular flexibility index (Phi) is 3.62. The average molecular weight is 317 g/mol. The van der Waals surface area contributed by atoms with Crippen molar-refractivity contribution in [2.75, 3.05) is 11.5 Å². The molecule has 100 valence electrons. The second-order valence-electron chi connectivity index (χ2n) is 3.82. The van der Waals surface area contributed by atoms with Crippen LogP contribution in [0.2, 0.25) is 10.0 Å². The highest BCUT2D eigenvalue weighted by atomic mass is 35.5. The van der Waals surface area contributed by atoms with Gasteiger partial charge in [0.15, 0.2) is 0 Å². The summed E-state index contributed by atoms with van der Waals surface area (Å²) in [6.07, 6.45) is 0. The summed E-state index contributed by atoms with van der Waals surface area (Å²) in [4.78, 5) is -0.191. The first-order chi connectivity index (χ1) is 8.85. The van der Waals surface area contributed by atoms with Gasteiger partial charge < -0.3 is 11.5 Å². The molecule has 0 amide bonds. The molecule has 19 heavy (non-hydrogen) atoms. The van der Waals surface area contributed by atoms with Crippen LogP contribution in [0.4, 0.5) is 11.4 Å². The van der Waals surface area contributed by atoms with Crippen molar-refractivity contribution in [3.63, 3.8) is 0 Å². The summed E-state index contributed by atoms with van der Waals surface area (Å²) in [5, 5.41) is -0.0537. The maximum atomic E-state index is 12.5. The van der Waals surface area contributed by atoms with E-state index in [9.17, 15) is 8.42 Å². The number of hydrogen-bond acceptors (Lipinski definition) is 4. The normalized spacial score (nSPS) is 11.5. The molecule has 0 saturated heterocycles. The van der Waals surface area contributed by atoms with Gasteiger partial charge in [-0.2, -0.15) is 0 Å². The van der Waals surface area contributed by atoms with Crippen molar-refractivity contribution in [3.8, 4) is 0 Å². The van der Waals surface area contributed by atoms with E-state index in [1.165, 1.54) is 36.4 Å². The molecule has 0 aliphatic carbocycles. The van der Waals surface area contributed by atoms with Crippen molar-refractivity contribution in [2.45, 2.75) is 9.79 Å². The van der Waals surface area contributed by atoms with Gasteiger partial charge in [0.2, 0.25) is 9.84 Å². The van der Waals surface area contributed by atoms with Crippen LogP contribution in [0, 0.1) is 0 Å². The highest BCUT2D eigenvalue weighted by molar-refractivity contribution is 7.91. The van der Waals surface area contributed by atoms with Gasteiger partial charge in [-0.25, -0.2) is 8.42 Å². The molecule has 0 aliphatic rings. The van der Waals surface area contributed by atoms with E-state index in [-0.39, 0.29) is 31.2 Å². The molecule has 0 unspecified atom stereocenters. The fraction of sp³-hybridized carbons (Fsp3) is 0. The van der Waals surface area contributed by atoms with Crippen LogP contribution in [0.1, 0.15) is 0 Å². The van der Waals surface area contributed by atoms with Gasteiger partial charge in [0, 0.05) is 0 Å². The molecule has 0 bridgehead atoms. The molecule has 4 nitrogen and oxygen atoms in total. The first-order valence-electron chi connectivity index (χ1n) is 5.18. The van der Waals surface area contributed by atoms with Crippen LogP contribution in [0.5, 0.6) is 0 Å². The van der Waals surface area contributed by atoms with Crippen molar-refractivity contribution in [1.82, 2.24) is 0 Å². The van der Waals surface area contributed by atoms with E-state index in [0.29, 0.717) is 0 Å². The minimum atomic E-state index is -3.87. The lowest BCUT2D eigenvalue weighted by Crippen LogP contribution is -2.06. The minimum Gasteiger partial charge on any atom is -0.397 e. The van der Waals surface area contributed by atoms with Gasteiger partial charge >= 0.3 is 0 Å². The largest absolute Gasteiger partial charge is 0.397 e. The third-order valence-electron chi connectivity index (χ3n) is 2.57. The number of sulfone groups is 1. The summed E-state index contributed by atoms with van der Waals surface area (Å²) in [5.41, 5.74) is 11.6. The Morgan fingerprint density at radius 3 is 1.53 bits per heavy atom. The summed E-state index contributed by atoms with van der Waals surface area (Å²) < 4.78 is 25.0. The lowest BCUT2D eigenvalue weighted by Gasteiger charge is -2.10. The number of hydrogen-bond donors (Lipinski definition) is 2. The van der Waals surface area contributed by atoms with Crippen molar-refractivity contribution in [2.24, 2.45) is 0 Å². The Hall–Kier alpha value is -1.43. The SMILES string of the molecule is Nc1cccc(S(=O)(=O)c2cccc(N)c2Cl)c1Cl. The molecule has 4 N–H and O–H groups in total. The van der Waals surface area contributed by atoms with Gasteiger partial charge in [0.05, 0.1) is 31.2 Å². The molecule has 2 aromatic rings. The monoisotopic (exact) mass is 316 g/mol. The Balaban J connectivity index is 2.73. The third kappa shape index (κ3) is 2.36. The summed E-state index contributed by atoms with van der Waals surface area (Å²) in [7, 11) is -3.87. The number of nitrogens with two attached hydrogens (primary N) is 2. The van der Waals surface area contributed by atoms with Gasteiger partial charge in [-0.1, -0.05) is 35.3 Å².